The molecule has 0 fully saturated rings. The third kappa shape index (κ3) is 5.64. The van der Waals surface area contributed by atoms with Crippen LogP contribution in [0.1, 0.15) is 32.8 Å². The Kier molecular flexibility index (Phi) is 8.28. The Hall–Kier alpha value is -2.40. The summed E-state index contributed by atoms with van der Waals surface area (Å²) >= 11 is 15.9. The molecular weight excluding hydrogens is 617 g/mol. The topological polar surface area (TPSA) is 98.6 Å². The summed E-state index contributed by atoms with van der Waals surface area (Å²) in [5.41, 5.74) is -0.108. The highest BCUT2D eigenvalue weighted by atomic mass is 79.9. The number of imidazole rings is 1. The fraction of sp³-hybridized carbons (Fsp3) is 0.346. The Morgan fingerprint density at radius 3 is 2.37 bits per heavy atom. The van der Waals surface area contributed by atoms with Crippen molar-refractivity contribution in [3.63, 3.8) is 0 Å². The number of aromatic nitrogens is 2. The molecule has 2 heterocycles. The molecule has 3 aromatic rings. The number of amides is 1. The summed E-state index contributed by atoms with van der Waals surface area (Å²) < 4.78 is 34.5. The Balaban J connectivity index is 1.75. The van der Waals surface area contributed by atoms with Crippen molar-refractivity contribution < 1.29 is 22.7 Å². The maximum absolute atomic E-state index is 14.0. The van der Waals surface area contributed by atoms with Gasteiger partial charge in [0, 0.05) is 20.9 Å². The third-order valence-electron chi connectivity index (χ3n) is 6.23. The van der Waals surface area contributed by atoms with Crippen LogP contribution in [0.15, 0.2) is 58.2 Å². The summed E-state index contributed by atoms with van der Waals surface area (Å²) in [7, 11) is -3.91. The van der Waals surface area contributed by atoms with E-state index in [0.717, 1.165) is 10.0 Å². The summed E-state index contributed by atoms with van der Waals surface area (Å²) in [4.78, 5) is 31.5. The average molecular weight is 643 g/mol. The molecule has 0 radical (unpaired) electrons. The zero-order chi connectivity index (χ0) is 27.8. The van der Waals surface area contributed by atoms with E-state index in [9.17, 15) is 18.0 Å². The maximum Gasteiger partial charge on any atom is 0.308 e. The molecule has 1 amide bonds. The second kappa shape index (κ2) is 11.0. The van der Waals surface area contributed by atoms with Crippen LogP contribution >= 0.6 is 39.1 Å². The normalized spacial score (nSPS) is 17.2. The summed E-state index contributed by atoms with van der Waals surface area (Å²) in [6, 6.07) is 12.2. The molecule has 4 rings (SSSR count). The molecule has 1 aliphatic heterocycles. The van der Waals surface area contributed by atoms with Crippen LogP contribution in [0.3, 0.4) is 0 Å². The van der Waals surface area contributed by atoms with Crippen LogP contribution < -0.4 is 4.90 Å². The number of hydrogen-bond donors (Lipinski definition) is 0. The smallest absolute Gasteiger partial charge is 0.308 e. The van der Waals surface area contributed by atoms with Crippen LogP contribution in [0.4, 0.5) is 11.6 Å². The number of benzene rings is 2. The van der Waals surface area contributed by atoms with Crippen molar-refractivity contribution in [2.45, 2.75) is 44.2 Å². The minimum atomic E-state index is -3.91. The van der Waals surface area contributed by atoms with E-state index < -0.39 is 21.3 Å². The molecule has 0 saturated heterocycles. The van der Waals surface area contributed by atoms with Gasteiger partial charge in [0.2, 0.25) is 5.95 Å². The number of fused-ring (bicyclic) bond motifs is 1. The van der Waals surface area contributed by atoms with Gasteiger partial charge in [-0.25, -0.2) is 18.3 Å². The molecule has 0 bridgehead atoms. The Morgan fingerprint density at radius 1 is 1.13 bits per heavy atom. The fourth-order valence-electron chi connectivity index (χ4n) is 4.34. The first kappa shape index (κ1) is 28.6. The number of carbonyl (C=O) groups excluding carboxylic acids is 2. The van der Waals surface area contributed by atoms with Crippen molar-refractivity contribution in [1.82, 2.24) is 9.55 Å². The van der Waals surface area contributed by atoms with Gasteiger partial charge in [0.15, 0.2) is 14.9 Å². The van der Waals surface area contributed by atoms with Crippen molar-refractivity contribution in [3.8, 4) is 0 Å². The van der Waals surface area contributed by atoms with Gasteiger partial charge in [0.05, 0.1) is 30.2 Å². The standard InChI is InChI=1S/C26H26BrCl2N3O5S/c1-16(2)23(33)37-9-4-10-38(35,36)22-15-30-25-31(21-12-19(28)11-20(29)13-21)24(34)26(3,32(22)25)14-17-5-7-18(27)8-6-17/h5-8,11-13,15-16H,4,9-10,14H2,1-3H3. The quantitative estimate of drug-likeness (QED) is 0.211. The van der Waals surface area contributed by atoms with E-state index in [-0.39, 0.29) is 48.0 Å². The van der Waals surface area contributed by atoms with Gasteiger partial charge in [-0.15, -0.1) is 0 Å². The van der Waals surface area contributed by atoms with Crippen molar-refractivity contribution >= 4 is 72.5 Å². The fourth-order valence-corrected chi connectivity index (χ4v) is 6.60. The summed E-state index contributed by atoms with van der Waals surface area (Å²) in [6.45, 7) is 5.07. The summed E-state index contributed by atoms with van der Waals surface area (Å²) in [6.07, 6.45) is 1.57. The number of carbonyl (C=O) groups is 2. The summed E-state index contributed by atoms with van der Waals surface area (Å²) in [5, 5.41) is 0.554. The van der Waals surface area contributed by atoms with Crippen LogP contribution in [-0.2, 0) is 36.1 Å². The minimum Gasteiger partial charge on any atom is -0.465 e. The number of esters is 1. The number of hydrogen-bond acceptors (Lipinski definition) is 6. The van der Waals surface area contributed by atoms with Crippen molar-refractivity contribution in [1.29, 1.82) is 0 Å². The molecule has 12 heteroatoms. The van der Waals surface area contributed by atoms with E-state index in [1.165, 1.54) is 15.7 Å². The number of anilines is 2. The largest absolute Gasteiger partial charge is 0.465 e. The molecule has 8 nitrogen and oxygen atoms in total. The van der Waals surface area contributed by atoms with E-state index in [1.807, 2.05) is 24.3 Å². The third-order valence-corrected chi connectivity index (χ3v) is 8.94. The zero-order valence-electron chi connectivity index (χ0n) is 20.9. The Bertz CT molecular complexity index is 1470. The monoisotopic (exact) mass is 641 g/mol. The number of nitrogens with zero attached hydrogens (tertiary/aromatic N) is 3. The zero-order valence-corrected chi connectivity index (χ0v) is 24.9. The maximum atomic E-state index is 14.0. The number of rotatable bonds is 9. The van der Waals surface area contributed by atoms with Crippen molar-refractivity contribution in [2.75, 3.05) is 17.3 Å². The SMILES string of the molecule is CC(C)C(=O)OCCCS(=O)(=O)c1cnc2n1C(C)(Cc1ccc(Br)cc1)C(=O)N2c1cc(Cl)cc(Cl)c1. The molecule has 202 valence electrons. The average Bonchev–Trinajstić information content (AvgIpc) is 3.36. The second-order valence-electron chi connectivity index (χ2n) is 9.57. The van der Waals surface area contributed by atoms with Crippen molar-refractivity contribution in [3.05, 3.63) is 68.7 Å². The Labute approximate surface area is 239 Å². The van der Waals surface area contributed by atoms with Gasteiger partial charge >= 0.3 is 5.97 Å². The molecule has 2 aromatic carbocycles. The molecule has 0 N–H and O–H groups in total. The molecule has 1 aromatic heterocycles. The predicted molar refractivity (Wildman–Crippen MR) is 150 cm³/mol. The highest BCUT2D eigenvalue weighted by Gasteiger charge is 2.51. The van der Waals surface area contributed by atoms with Gasteiger partial charge in [-0.05, 0) is 49.2 Å². The van der Waals surface area contributed by atoms with Crippen molar-refractivity contribution in [2.24, 2.45) is 5.92 Å². The van der Waals surface area contributed by atoms with Crippen LogP contribution in [0.2, 0.25) is 10.0 Å². The first-order valence-corrected chi connectivity index (χ1v) is 15.1. The predicted octanol–water partition coefficient (Wildman–Crippen LogP) is 5.95. The van der Waals surface area contributed by atoms with Crippen LogP contribution in [0, 0.1) is 5.92 Å². The number of ether oxygens (including phenoxy) is 1. The van der Waals surface area contributed by atoms with E-state index >= 15 is 0 Å². The van der Waals surface area contributed by atoms with Gasteiger partial charge in [0.1, 0.15) is 5.54 Å². The van der Waals surface area contributed by atoms with Gasteiger partial charge in [-0.1, -0.05) is 65.1 Å². The molecule has 1 unspecified atom stereocenters. The molecule has 0 saturated carbocycles. The summed E-state index contributed by atoms with van der Waals surface area (Å²) in [5.74, 6) is -1.20. The lowest BCUT2D eigenvalue weighted by Crippen LogP contribution is -2.42. The lowest BCUT2D eigenvalue weighted by Gasteiger charge is -2.26. The van der Waals surface area contributed by atoms with Gasteiger partial charge in [-0.3, -0.25) is 14.2 Å². The van der Waals surface area contributed by atoms with Crippen LogP contribution in [0.25, 0.3) is 0 Å². The first-order chi connectivity index (χ1) is 17.8. The number of sulfone groups is 1. The van der Waals surface area contributed by atoms with Crippen LogP contribution in [0.5, 0.6) is 0 Å². The van der Waals surface area contributed by atoms with E-state index in [2.05, 4.69) is 20.9 Å². The van der Waals surface area contributed by atoms with E-state index in [0.29, 0.717) is 15.7 Å². The number of halogens is 3. The van der Waals surface area contributed by atoms with E-state index in [1.54, 1.807) is 39.0 Å². The van der Waals surface area contributed by atoms with Crippen LogP contribution in [-0.4, -0.2) is 42.2 Å². The van der Waals surface area contributed by atoms with Gasteiger partial charge in [-0.2, -0.15) is 0 Å². The minimum absolute atomic E-state index is 0.0283. The molecule has 1 atom stereocenters. The Morgan fingerprint density at radius 2 is 1.76 bits per heavy atom. The van der Waals surface area contributed by atoms with Gasteiger partial charge < -0.3 is 4.74 Å². The lowest BCUT2D eigenvalue weighted by atomic mass is 9.92. The first-order valence-electron chi connectivity index (χ1n) is 11.9. The molecule has 1 aliphatic rings. The second-order valence-corrected chi connectivity index (χ2v) is 13.4. The highest BCUT2D eigenvalue weighted by Crippen LogP contribution is 2.44. The molecule has 0 aliphatic carbocycles. The highest BCUT2D eigenvalue weighted by molar-refractivity contribution is 9.10. The molecule has 0 spiro atoms. The van der Waals surface area contributed by atoms with Gasteiger partial charge in [0.25, 0.3) is 5.91 Å². The lowest BCUT2D eigenvalue weighted by molar-refractivity contribution is -0.147. The molecule has 38 heavy (non-hydrogen) atoms. The molecular formula is C26H26BrCl2N3O5S. The van der Waals surface area contributed by atoms with E-state index in [4.69, 9.17) is 27.9 Å².